The van der Waals surface area contributed by atoms with Crippen molar-refractivity contribution in [3.63, 3.8) is 0 Å². The summed E-state index contributed by atoms with van der Waals surface area (Å²) in [5.74, 6) is -0.555. The second kappa shape index (κ2) is 13.9. The molecule has 0 aliphatic rings. The number of nitriles is 1. The zero-order valence-corrected chi connectivity index (χ0v) is 24.0. The highest BCUT2D eigenvalue weighted by Crippen LogP contribution is 2.35. The van der Waals surface area contributed by atoms with E-state index < -0.39 is 35.3 Å². The van der Waals surface area contributed by atoms with Crippen LogP contribution in [0.15, 0.2) is 54.7 Å². The Bertz CT molecular complexity index is 1550. The number of alkyl halides is 3. The molecule has 0 aliphatic carbocycles. The van der Waals surface area contributed by atoms with E-state index in [0.717, 1.165) is 6.20 Å². The van der Waals surface area contributed by atoms with Gasteiger partial charge in [-0.2, -0.15) is 18.4 Å². The molecule has 2 aromatic carbocycles. The summed E-state index contributed by atoms with van der Waals surface area (Å²) in [6, 6.07) is 13.3. The lowest BCUT2D eigenvalue weighted by molar-refractivity contribution is -0.141. The van der Waals surface area contributed by atoms with Crippen molar-refractivity contribution in [1.29, 1.82) is 5.26 Å². The third-order valence-corrected chi connectivity index (χ3v) is 5.84. The molecule has 0 saturated carbocycles. The Kier molecular flexibility index (Phi) is 10.6. The minimum Gasteiger partial charge on any atom is -0.491 e. The van der Waals surface area contributed by atoms with E-state index in [1.54, 1.807) is 51.1 Å². The van der Waals surface area contributed by atoms with E-state index in [4.69, 9.17) is 21.1 Å². The number of amides is 2. The quantitative estimate of drug-likeness (QED) is 0.199. The van der Waals surface area contributed by atoms with Gasteiger partial charge in [0.1, 0.15) is 17.0 Å². The van der Waals surface area contributed by atoms with E-state index in [0.29, 0.717) is 17.5 Å². The van der Waals surface area contributed by atoms with Crippen molar-refractivity contribution in [3.8, 4) is 22.9 Å². The van der Waals surface area contributed by atoms with Crippen molar-refractivity contribution in [3.05, 3.63) is 76.6 Å². The molecular formula is C29H27ClF3N5O5. The van der Waals surface area contributed by atoms with Crippen LogP contribution in [0.3, 0.4) is 0 Å². The predicted molar refractivity (Wildman–Crippen MR) is 151 cm³/mol. The molecule has 0 radical (unpaired) electrons. The number of ether oxygens (including phenoxy) is 2. The lowest BCUT2D eigenvalue weighted by Gasteiger charge is -2.19. The third-order valence-electron chi connectivity index (χ3n) is 5.51. The van der Waals surface area contributed by atoms with Crippen LogP contribution in [0.25, 0.3) is 11.1 Å². The number of ketones is 1. The normalized spacial score (nSPS) is 11.2. The second-order valence-electron chi connectivity index (χ2n) is 9.97. The van der Waals surface area contributed by atoms with Crippen LogP contribution in [0.5, 0.6) is 5.75 Å². The molecular weight excluding hydrogens is 591 g/mol. The Labute approximate surface area is 250 Å². The molecule has 0 aliphatic heterocycles. The van der Waals surface area contributed by atoms with Crippen LogP contribution < -0.4 is 20.9 Å². The van der Waals surface area contributed by atoms with Crippen molar-refractivity contribution < 1.29 is 37.0 Å². The van der Waals surface area contributed by atoms with Crippen LogP contribution in [-0.2, 0) is 15.7 Å². The number of Topliss-reactive ketones (excluding diaryl/α,β-unsaturated/α-hetero) is 1. The van der Waals surface area contributed by atoms with Gasteiger partial charge < -0.3 is 14.8 Å². The highest BCUT2D eigenvalue weighted by Gasteiger charge is 2.33. The van der Waals surface area contributed by atoms with Gasteiger partial charge in [0.25, 0.3) is 0 Å². The van der Waals surface area contributed by atoms with Crippen LogP contribution >= 0.6 is 11.6 Å². The number of anilines is 1. The van der Waals surface area contributed by atoms with E-state index in [1.165, 1.54) is 18.2 Å². The largest absolute Gasteiger partial charge is 0.491 e. The summed E-state index contributed by atoms with van der Waals surface area (Å²) in [4.78, 5) is 40.1. The van der Waals surface area contributed by atoms with Crippen LogP contribution in [-0.4, -0.2) is 41.5 Å². The van der Waals surface area contributed by atoms with Gasteiger partial charge in [0, 0.05) is 27.9 Å². The number of rotatable bonds is 9. The summed E-state index contributed by atoms with van der Waals surface area (Å²) in [7, 11) is 0. The van der Waals surface area contributed by atoms with Crippen molar-refractivity contribution in [2.75, 3.05) is 18.5 Å². The summed E-state index contributed by atoms with van der Waals surface area (Å²) >= 11 is 6.26. The summed E-state index contributed by atoms with van der Waals surface area (Å²) < 4.78 is 49.9. The molecule has 0 bridgehead atoms. The number of nitrogens with zero attached hydrogens (tertiary/aromatic N) is 2. The molecule has 3 rings (SSSR count). The van der Waals surface area contributed by atoms with Crippen LogP contribution in [0.2, 0.25) is 5.02 Å². The van der Waals surface area contributed by atoms with Gasteiger partial charge in [-0.25, -0.2) is 10.2 Å². The minimum absolute atomic E-state index is 0.0442. The van der Waals surface area contributed by atoms with Crippen LogP contribution in [0.4, 0.5) is 23.7 Å². The van der Waals surface area contributed by atoms with Crippen molar-refractivity contribution >= 4 is 35.1 Å². The molecule has 0 fully saturated rings. The number of para-hydroxylation sites is 2. The zero-order chi connectivity index (χ0) is 31.8. The van der Waals surface area contributed by atoms with Gasteiger partial charge in [0.15, 0.2) is 5.78 Å². The van der Waals surface area contributed by atoms with Gasteiger partial charge in [-0.3, -0.25) is 20.0 Å². The maximum Gasteiger partial charge on any atom is 0.433 e. The van der Waals surface area contributed by atoms with Gasteiger partial charge in [0.2, 0.25) is 5.91 Å². The molecule has 14 heteroatoms. The molecule has 0 spiro atoms. The van der Waals surface area contributed by atoms with E-state index in [-0.39, 0.29) is 46.8 Å². The molecule has 43 heavy (non-hydrogen) atoms. The number of hydrogen-bond donors (Lipinski definition) is 3. The standard InChI is InChI=1S/C29H27ClF3N5O5/c1-28(2,3)43-27(41)38-37-26(40)10-11-42-24-7-5-4-6-22(24)35-16-23(39)17-8-9-21(30)19(12-17)20-15-36-25(29(31,32)33)13-18(20)14-34/h4-9,12-13,15,35H,10-11,16H2,1-3H3,(H,37,40)(H,38,41). The lowest BCUT2D eigenvalue weighted by atomic mass is 9.98. The van der Waals surface area contributed by atoms with Gasteiger partial charge in [0.05, 0.1) is 36.9 Å². The third kappa shape index (κ3) is 9.61. The number of hydrogen-bond acceptors (Lipinski definition) is 8. The molecule has 0 atom stereocenters. The maximum absolute atomic E-state index is 13.1. The molecule has 3 aromatic rings. The smallest absolute Gasteiger partial charge is 0.433 e. The number of carbonyl (C=O) groups excluding carboxylic acids is 3. The number of aromatic nitrogens is 1. The summed E-state index contributed by atoms with van der Waals surface area (Å²) in [6.07, 6.45) is -4.74. The second-order valence-corrected chi connectivity index (χ2v) is 10.4. The Balaban J connectivity index is 1.63. The van der Waals surface area contributed by atoms with Gasteiger partial charge >= 0.3 is 12.3 Å². The number of pyridine rings is 1. The van der Waals surface area contributed by atoms with Gasteiger partial charge in [-0.1, -0.05) is 23.7 Å². The number of halogens is 4. The fourth-order valence-electron chi connectivity index (χ4n) is 3.58. The first kappa shape index (κ1) is 32.7. The number of carbonyl (C=O) groups is 3. The van der Waals surface area contributed by atoms with Gasteiger partial charge in [-0.15, -0.1) is 0 Å². The van der Waals surface area contributed by atoms with Crippen molar-refractivity contribution in [1.82, 2.24) is 15.8 Å². The zero-order valence-electron chi connectivity index (χ0n) is 23.3. The van der Waals surface area contributed by atoms with Crippen molar-refractivity contribution in [2.45, 2.75) is 39.0 Å². The van der Waals surface area contributed by atoms with E-state index in [1.807, 2.05) is 0 Å². The Morgan fingerprint density at radius 1 is 1.02 bits per heavy atom. The molecule has 2 amide bonds. The highest BCUT2D eigenvalue weighted by molar-refractivity contribution is 6.33. The van der Waals surface area contributed by atoms with E-state index >= 15 is 0 Å². The summed E-state index contributed by atoms with van der Waals surface area (Å²) in [6.45, 7) is 4.80. The number of hydrazine groups is 1. The fourth-order valence-corrected chi connectivity index (χ4v) is 3.80. The molecule has 3 N–H and O–H groups in total. The van der Waals surface area contributed by atoms with E-state index in [9.17, 15) is 32.8 Å². The van der Waals surface area contributed by atoms with E-state index in [2.05, 4.69) is 21.2 Å². The Morgan fingerprint density at radius 3 is 2.42 bits per heavy atom. The Morgan fingerprint density at radius 2 is 1.74 bits per heavy atom. The fraction of sp³-hybridized carbons (Fsp3) is 0.276. The predicted octanol–water partition coefficient (Wildman–Crippen LogP) is 5.91. The minimum atomic E-state index is -4.73. The molecule has 1 heterocycles. The van der Waals surface area contributed by atoms with Crippen molar-refractivity contribution in [2.24, 2.45) is 0 Å². The maximum atomic E-state index is 13.1. The summed E-state index contributed by atoms with van der Waals surface area (Å²) in [5.41, 5.74) is 2.97. The first-order chi connectivity index (χ1) is 20.2. The number of benzene rings is 2. The molecule has 10 nitrogen and oxygen atoms in total. The molecule has 0 unspecified atom stereocenters. The highest BCUT2D eigenvalue weighted by atomic mass is 35.5. The van der Waals surface area contributed by atoms with Gasteiger partial charge in [-0.05, 0) is 57.2 Å². The molecule has 1 aromatic heterocycles. The average Bonchev–Trinajstić information content (AvgIpc) is 2.94. The van der Waals surface area contributed by atoms with Crippen LogP contribution in [0.1, 0.15) is 48.8 Å². The monoisotopic (exact) mass is 617 g/mol. The summed E-state index contributed by atoms with van der Waals surface area (Å²) in [5, 5.41) is 12.5. The topological polar surface area (TPSA) is 142 Å². The molecule has 226 valence electrons. The lowest BCUT2D eigenvalue weighted by Crippen LogP contribution is -2.44. The average molecular weight is 618 g/mol. The Hall–Kier alpha value is -4.83. The first-order valence-corrected chi connectivity index (χ1v) is 13.1. The number of nitrogens with one attached hydrogen (secondary N) is 3. The van der Waals surface area contributed by atoms with Crippen LogP contribution in [0, 0.1) is 11.3 Å². The molecule has 0 saturated heterocycles. The first-order valence-electron chi connectivity index (χ1n) is 12.7. The SMILES string of the molecule is CC(C)(C)OC(=O)NNC(=O)CCOc1ccccc1NCC(=O)c1ccc(Cl)c(-c2cnc(C(F)(F)F)cc2C#N)c1.